The van der Waals surface area contributed by atoms with E-state index in [1.165, 1.54) is 0 Å². The summed E-state index contributed by atoms with van der Waals surface area (Å²) in [6, 6.07) is 12.2. The Kier molecular flexibility index (Phi) is 7.18. The first-order chi connectivity index (χ1) is 12.0. The van der Waals surface area contributed by atoms with Crippen LogP contribution in [-0.2, 0) is 4.74 Å². The molecule has 0 fully saturated rings. The highest BCUT2D eigenvalue weighted by molar-refractivity contribution is 7.80. The van der Waals surface area contributed by atoms with E-state index in [2.05, 4.69) is 10.6 Å². The molecule has 2 aromatic carbocycles. The van der Waals surface area contributed by atoms with Gasteiger partial charge in [0.05, 0.1) is 6.61 Å². The Labute approximate surface area is 157 Å². The zero-order valence-electron chi connectivity index (χ0n) is 14.0. The van der Waals surface area contributed by atoms with Crippen LogP contribution in [-0.4, -0.2) is 31.3 Å². The van der Waals surface area contributed by atoms with Gasteiger partial charge >= 0.3 is 0 Å². The van der Waals surface area contributed by atoms with Gasteiger partial charge < -0.3 is 14.8 Å². The van der Waals surface area contributed by atoms with Gasteiger partial charge in [0.2, 0.25) is 0 Å². The van der Waals surface area contributed by atoms with Crippen LogP contribution in [0.2, 0.25) is 5.02 Å². The van der Waals surface area contributed by atoms with E-state index < -0.39 is 0 Å². The molecule has 7 heteroatoms. The Balaban J connectivity index is 1.92. The maximum atomic E-state index is 12.2. The average Bonchev–Trinajstić information content (AvgIpc) is 2.59. The zero-order valence-corrected chi connectivity index (χ0v) is 15.5. The molecule has 2 aromatic rings. The fourth-order valence-corrected chi connectivity index (χ4v) is 2.39. The predicted molar refractivity (Wildman–Crippen MR) is 104 cm³/mol. The van der Waals surface area contributed by atoms with E-state index in [1.807, 2.05) is 19.1 Å². The summed E-state index contributed by atoms with van der Waals surface area (Å²) in [7, 11) is 1.61. The second-order valence-electron chi connectivity index (χ2n) is 5.19. The molecular formula is C18H19ClN2O3S. The standard InChI is InChI=1S/C18H19ClN2O3S/c1-12-15(19)4-3-5-16(12)20-18(25)21-17(22)13-6-8-14(9-7-13)24-11-10-23-2/h3-9H,10-11H2,1-2H3,(H2,20,21,22,25). The van der Waals surface area contributed by atoms with Gasteiger partial charge in [-0.25, -0.2) is 0 Å². The number of hydrogen-bond donors (Lipinski definition) is 2. The van der Waals surface area contributed by atoms with Crippen molar-refractivity contribution < 1.29 is 14.3 Å². The summed E-state index contributed by atoms with van der Waals surface area (Å²) in [6.07, 6.45) is 0. The second-order valence-corrected chi connectivity index (χ2v) is 6.00. The van der Waals surface area contributed by atoms with Crippen molar-refractivity contribution in [3.8, 4) is 5.75 Å². The molecular weight excluding hydrogens is 360 g/mol. The first-order valence-corrected chi connectivity index (χ1v) is 8.39. The van der Waals surface area contributed by atoms with Crippen LogP contribution < -0.4 is 15.4 Å². The molecule has 1 amide bonds. The van der Waals surface area contributed by atoms with E-state index in [0.717, 1.165) is 11.3 Å². The maximum absolute atomic E-state index is 12.2. The molecule has 0 aliphatic heterocycles. The number of amides is 1. The number of hydrogen-bond acceptors (Lipinski definition) is 4. The maximum Gasteiger partial charge on any atom is 0.257 e. The van der Waals surface area contributed by atoms with Crippen molar-refractivity contribution in [3.05, 3.63) is 58.6 Å². The van der Waals surface area contributed by atoms with Gasteiger partial charge in [0.25, 0.3) is 5.91 Å². The summed E-state index contributed by atoms with van der Waals surface area (Å²) in [6.45, 7) is 2.83. The summed E-state index contributed by atoms with van der Waals surface area (Å²) in [5, 5.41) is 6.45. The fraction of sp³-hybridized carbons (Fsp3) is 0.222. The lowest BCUT2D eigenvalue weighted by molar-refractivity contribution is 0.0977. The molecule has 2 rings (SSSR count). The number of benzene rings is 2. The molecule has 25 heavy (non-hydrogen) atoms. The number of rotatable bonds is 6. The summed E-state index contributed by atoms with van der Waals surface area (Å²) < 4.78 is 10.4. The van der Waals surface area contributed by atoms with Crippen molar-refractivity contribution >= 4 is 40.5 Å². The van der Waals surface area contributed by atoms with Crippen molar-refractivity contribution in [1.29, 1.82) is 0 Å². The van der Waals surface area contributed by atoms with Crippen molar-refractivity contribution in [2.75, 3.05) is 25.6 Å². The van der Waals surface area contributed by atoms with Crippen LogP contribution in [0.5, 0.6) is 5.75 Å². The number of halogens is 1. The minimum Gasteiger partial charge on any atom is -0.491 e. The molecule has 0 aromatic heterocycles. The third-order valence-corrected chi connectivity index (χ3v) is 4.03. The first kappa shape index (κ1) is 19.2. The largest absolute Gasteiger partial charge is 0.491 e. The van der Waals surface area contributed by atoms with Gasteiger partial charge in [-0.15, -0.1) is 0 Å². The fourth-order valence-electron chi connectivity index (χ4n) is 2.02. The summed E-state index contributed by atoms with van der Waals surface area (Å²) in [5.74, 6) is 0.365. The van der Waals surface area contributed by atoms with Crippen LogP contribution in [0.1, 0.15) is 15.9 Å². The zero-order chi connectivity index (χ0) is 18.2. The van der Waals surface area contributed by atoms with E-state index in [4.69, 9.17) is 33.3 Å². The van der Waals surface area contributed by atoms with Crippen LogP contribution in [0, 0.1) is 6.92 Å². The average molecular weight is 379 g/mol. The van der Waals surface area contributed by atoms with E-state index in [1.54, 1.807) is 37.4 Å². The van der Waals surface area contributed by atoms with Gasteiger partial charge in [0.15, 0.2) is 5.11 Å². The van der Waals surface area contributed by atoms with Crippen molar-refractivity contribution in [2.24, 2.45) is 0 Å². The topological polar surface area (TPSA) is 59.6 Å². The van der Waals surface area contributed by atoms with Gasteiger partial charge in [0.1, 0.15) is 12.4 Å². The molecule has 0 unspecified atom stereocenters. The lowest BCUT2D eigenvalue weighted by Crippen LogP contribution is -2.34. The minimum absolute atomic E-state index is 0.204. The highest BCUT2D eigenvalue weighted by Crippen LogP contribution is 2.22. The lowest BCUT2D eigenvalue weighted by atomic mass is 10.2. The molecule has 0 aliphatic carbocycles. The summed E-state index contributed by atoms with van der Waals surface area (Å²) in [4.78, 5) is 12.2. The Morgan fingerprint density at radius 3 is 2.56 bits per heavy atom. The van der Waals surface area contributed by atoms with Gasteiger partial charge in [-0.05, 0) is 61.1 Å². The summed E-state index contributed by atoms with van der Waals surface area (Å²) in [5.41, 5.74) is 2.09. The van der Waals surface area contributed by atoms with Crippen LogP contribution in [0.4, 0.5) is 5.69 Å². The smallest absolute Gasteiger partial charge is 0.257 e. The van der Waals surface area contributed by atoms with Crippen LogP contribution in [0.15, 0.2) is 42.5 Å². The molecule has 2 N–H and O–H groups in total. The minimum atomic E-state index is -0.305. The lowest BCUT2D eigenvalue weighted by Gasteiger charge is -2.12. The number of thiocarbonyl (C=S) groups is 1. The van der Waals surface area contributed by atoms with Crippen molar-refractivity contribution in [1.82, 2.24) is 5.32 Å². The third-order valence-electron chi connectivity index (χ3n) is 3.42. The molecule has 5 nitrogen and oxygen atoms in total. The normalized spacial score (nSPS) is 10.2. The molecule has 0 atom stereocenters. The number of carbonyl (C=O) groups excluding carboxylic acids is 1. The number of nitrogens with one attached hydrogen (secondary N) is 2. The van der Waals surface area contributed by atoms with Gasteiger partial charge in [-0.1, -0.05) is 17.7 Å². The van der Waals surface area contributed by atoms with Gasteiger partial charge in [-0.3, -0.25) is 10.1 Å². The molecule has 0 radical (unpaired) electrons. The Bertz CT molecular complexity index is 750. The van der Waals surface area contributed by atoms with Crippen LogP contribution in [0.3, 0.4) is 0 Å². The Morgan fingerprint density at radius 2 is 1.88 bits per heavy atom. The Hall–Kier alpha value is -2.15. The first-order valence-electron chi connectivity index (χ1n) is 7.60. The third kappa shape index (κ3) is 5.70. The quantitative estimate of drug-likeness (QED) is 0.591. The molecule has 0 spiro atoms. The van der Waals surface area contributed by atoms with Crippen molar-refractivity contribution in [2.45, 2.75) is 6.92 Å². The van der Waals surface area contributed by atoms with E-state index in [9.17, 15) is 4.79 Å². The number of ether oxygens (including phenoxy) is 2. The second kappa shape index (κ2) is 9.36. The van der Waals surface area contributed by atoms with E-state index in [-0.39, 0.29) is 11.0 Å². The number of carbonyl (C=O) groups is 1. The predicted octanol–water partition coefficient (Wildman–Crippen LogP) is 3.80. The molecule has 0 saturated carbocycles. The van der Waals surface area contributed by atoms with Crippen LogP contribution >= 0.6 is 23.8 Å². The monoisotopic (exact) mass is 378 g/mol. The highest BCUT2D eigenvalue weighted by Gasteiger charge is 2.10. The van der Waals surface area contributed by atoms with Gasteiger partial charge in [-0.2, -0.15) is 0 Å². The Morgan fingerprint density at radius 1 is 1.16 bits per heavy atom. The highest BCUT2D eigenvalue weighted by atomic mass is 35.5. The van der Waals surface area contributed by atoms with E-state index in [0.29, 0.717) is 29.5 Å². The number of methoxy groups -OCH3 is 1. The van der Waals surface area contributed by atoms with Gasteiger partial charge in [0, 0.05) is 23.4 Å². The molecule has 132 valence electrons. The van der Waals surface area contributed by atoms with Crippen LogP contribution in [0.25, 0.3) is 0 Å². The number of anilines is 1. The van der Waals surface area contributed by atoms with E-state index >= 15 is 0 Å². The summed E-state index contributed by atoms with van der Waals surface area (Å²) >= 11 is 11.3. The van der Waals surface area contributed by atoms with Crippen molar-refractivity contribution in [3.63, 3.8) is 0 Å². The molecule has 0 saturated heterocycles. The molecule has 0 bridgehead atoms. The molecule has 0 aliphatic rings. The molecule has 0 heterocycles. The SMILES string of the molecule is COCCOc1ccc(C(=O)NC(=S)Nc2cccc(Cl)c2C)cc1.